The van der Waals surface area contributed by atoms with Crippen molar-refractivity contribution < 1.29 is 27.8 Å². The molecule has 0 bridgehead atoms. The van der Waals surface area contributed by atoms with Crippen LogP contribution in [0, 0.1) is 11.6 Å². The summed E-state index contributed by atoms with van der Waals surface area (Å²) in [7, 11) is 2.99. The lowest BCUT2D eigenvalue weighted by atomic mass is 10.1. The summed E-state index contributed by atoms with van der Waals surface area (Å²) in [5, 5.41) is 2.72. The Morgan fingerprint density at radius 2 is 1.96 bits per heavy atom. The number of ether oxygens (including phenoxy) is 3. The fourth-order valence-corrected chi connectivity index (χ4v) is 2.75. The van der Waals surface area contributed by atoms with E-state index >= 15 is 0 Å². The van der Waals surface area contributed by atoms with Crippen LogP contribution >= 0.6 is 0 Å². The van der Waals surface area contributed by atoms with E-state index in [1.54, 1.807) is 18.2 Å². The van der Waals surface area contributed by atoms with Crippen LogP contribution in [0.3, 0.4) is 0 Å². The summed E-state index contributed by atoms with van der Waals surface area (Å²) in [5.74, 6) is -0.694. The highest BCUT2D eigenvalue weighted by Crippen LogP contribution is 2.32. The van der Waals surface area contributed by atoms with E-state index in [0.717, 1.165) is 6.07 Å². The highest BCUT2D eigenvalue weighted by atomic mass is 19.1. The van der Waals surface area contributed by atoms with Crippen molar-refractivity contribution in [1.82, 2.24) is 5.32 Å². The molecule has 1 amide bonds. The minimum absolute atomic E-state index is 0.0479. The molecular formula is C18H17F2NO4. The van der Waals surface area contributed by atoms with Crippen molar-refractivity contribution in [2.75, 3.05) is 20.8 Å². The predicted octanol–water partition coefficient (Wildman–Crippen LogP) is 2.72. The van der Waals surface area contributed by atoms with Gasteiger partial charge in [-0.1, -0.05) is 0 Å². The van der Waals surface area contributed by atoms with Crippen LogP contribution in [-0.4, -0.2) is 32.8 Å². The number of nitrogens with one attached hydrogen (secondary N) is 1. The molecular weight excluding hydrogens is 332 g/mol. The summed E-state index contributed by atoms with van der Waals surface area (Å²) in [4.78, 5) is 12.3. The van der Waals surface area contributed by atoms with Gasteiger partial charge in [-0.15, -0.1) is 0 Å². The molecule has 7 heteroatoms. The SMILES string of the molecule is COc1ccc(C(=O)NCC2Cc3cc(F)cc(F)c3O2)cc1OC. The monoisotopic (exact) mass is 349 g/mol. The number of fused-ring (bicyclic) bond motifs is 1. The zero-order valence-electron chi connectivity index (χ0n) is 13.8. The molecule has 0 saturated carbocycles. The standard InChI is InChI=1S/C18H17F2NO4/c1-23-15-4-3-10(7-16(15)24-2)18(22)21-9-13-6-11-5-12(19)8-14(20)17(11)25-13/h3-5,7-8,13H,6,9H2,1-2H3,(H,21,22). The van der Waals surface area contributed by atoms with E-state index in [4.69, 9.17) is 14.2 Å². The maximum atomic E-state index is 13.7. The van der Waals surface area contributed by atoms with Crippen LogP contribution < -0.4 is 19.5 Å². The molecule has 1 N–H and O–H groups in total. The molecule has 0 aromatic heterocycles. The molecule has 5 nitrogen and oxygen atoms in total. The van der Waals surface area contributed by atoms with Gasteiger partial charge in [0, 0.05) is 23.6 Å². The van der Waals surface area contributed by atoms with E-state index in [1.807, 2.05) is 0 Å². The second-order valence-electron chi connectivity index (χ2n) is 5.60. The summed E-state index contributed by atoms with van der Waals surface area (Å²) in [6, 6.07) is 6.83. The van der Waals surface area contributed by atoms with Crippen molar-refractivity contribution in [2.45, 2.75) is 12.5 Å². The highest BCUT2D eigenvalue weighted by molar-refractivity contribution is 5.94. The fourth-order valence-electron chi connectivity index (χ4n) is 2.75. The van der Waals surface area contributed by atoms with E-state index in [9.17, 15) is 13.6 Å². The van der Waals surface area contributed by atoms with E-state index in [-0.39, 0.29) is 18.2 Å². The number of carbonyl (C=O) groups excluding carboxylic acids is 1. The van der Waals surface area contributed by atoms with Crippen molar-refractivity contribution in [3.8, 4) is 17.2 Å². The maximum Gasteiger partial charge on any atom is 0.251 e. The smallest absolute Gasteiger partial charge is 0.251 e. The van der Waals surface area contributed by atoms with Gasteiger partial charge in [0.15, 0.2) is 23.1 Å². The van der Waals surface area contributed by atoms with Crippen molar-refractivity contribution in [1.29, 1.82) is 0 Å². The number of hydrogen-bond acceptors (Lipinski definition) is 4. The maximum absolute atomic E-state index is 13.7. The predicted molar refractivity (Wildman–Crippen MR) is 86.4 cm³/mol. The first kappa shape index (κ1) is 17.0. The van der Waals surface area contributed by atoms with Crippen LogP contribution in [0.15, 0.2) is 30.3 Å². The second kappa shape index (κ2) is 6.96. The van der Waals surface area contributed by atoms with E-state index < -0.39 is 17.7 Å². The minimum atomic E-state index is -0.733. The largest absolute Gasteiger partial charge is 0.493 e. The lowest BCUT2D eigenvalue weighted by Crippen LogP contribution is -2.34. The molecule has 0 fully saturated rings. The normalized spacial score (nSPS) is 15.3. The first-order chi connectivity index (χ1) is 12.0. The average Bonchev–Trinajstić information content (AvgIpc) is 3.02. The van der Waals surface area contributed by atoms with Crippen molar-refractivity contribution in [3.05, 3.63) is 53.1 Å². The van der Waals surface area contributed by atoms with E-state index in [2.05, 4.69) is 5.32 Å². The summed E-state index contributed by atoms with van der Waals surface area (Å²) in [6.45, 7) is 0.170. The topological polar surface area (TPSA) is 56.8 Å². The molecule has 2 aromatic carbocycles. The molecule has 132 valence electrons. The first-order valence-corrected chi connectivity index (χ1v) is 7.66. The van der Waals surface area contributed by atoms with Gasteiger partial charge < -0.3 is 19.5 Å². The number of rotatable bonds is 5. The summed E-state index contributed by atoms with van der Waals surface area (Å²) >= 11 is 0. The van der Waals surface area contributed by atoms with Crippen LogP contribution in [-0.2, 0) is 6.42 Å². The van der Waals surface area contributed by atoms with Crippen molar-refractivity contribution in [3.63, 3.8) is 0 Å². The fraction of sp³-hybridized carbons (Fsp3) is 0.278. The highest BCUT2D eigenvalue weighted by Gasteiger charge is 2.27. The Kier molecular flexibility index (Phi) is 4.74. The Hall–Kier alpha value is -2.83. The Balaban J connectivity index is 1.63. The third-order valence-electron chi connectivity index (χ3n) is 3.95. The second-order valence-corrected chi connectivity index (χ2v) is 5.60. The molecule has 0 aliphatic carbocycles. The average molecular weight is 349 g/mol. The summed E-state index contributed by atoms with van der Waals surface area (Å²) < 4.78 is 42.6. The molecule has 1 aliphatic heterocycles. The quantitative estimate of drug-likeness (QED) is 0.902. The molecule has 3 rings (SSSR count). The molecule has 0 radical (unpaired) electrons. The third-order valence-corrected chi connectivity index (χ3v) is 3.95. The molecule has 25 heavy (non-hydrogen) atoms. The third kappa shape index (κ3) is 3.50. The van der Waals surface area contributed by atoms with Crippen LogP contribution in [0.4, 0.5) is 8.78 Å². The Bertz CT molecular complexity index is 810. The zero-order chi connectivity index (χ0) is 18.0. The van der Waals surface area contributed by atoms with Crippen LogP contribution in [0.2, 0.25) is 0 Å². The molecule has 2 aromatic rings. The Morgan fingerprint density at radius 3 is 2.68 bits per heavy atom. The Morgan fingerprint density at radius 1 is 1.20 bits per heavy atom. The number of hydrogen-bond donors (Lipinski definition) is 1. The van der Waals surface area contributed by atoms with Gasteiger partial charge in [-0.2, -0.15) is 0 Å². The Labute approximate surface area is 143 Å². The summed E-state index contributed by atoms with van der Waals surface area (Å²) in [6.07, 6.45) is -0.119. The van der Waals surface area contributed by atoms with Crippen LogP contribution in [0.1, 0.15) is 15.9 Å². The molecule has 1 unspecified atom stereocenters. The van der Waals surface area contributed by atoms with Crippen LogP contribution in [0.25, 0.3) is 0 Å². The minimum Gasteiger partial charge on any atom is -0.493 e. The number of halogens is 2. The number of carbonyl (C=O) groups is 1. The lowest BCUT2D eigenvalue weighted by molar-refractivity contribution is 0.0932. The van der Waals surface area contributed by atoms with Gasteiger partial charge >= 0.3 is 0 Å². The van der Waals surface area contributed by atoms with E-state index in [0.29, 0.717) is 29.0 Å². The molecule has 0 spiro atoms. The van der Waals surface area contributed by atoms with Gasteiger partial charge in [0.2, 0.25) is 0 Å². The van der Waals surface area contributed by atoms with Gasteiger partial charge in [-0.25, -0.2) is 8.78 Å². The van der Waals surface area contributed by atoms with Crippen molar-refractivity contribution >= 4 is 5.91 Å². The molecule has 0 saturated heterocycles. The number of methoxy groups -OCH3 is 2. The van der Waals surface area contributed by atoms with Gasteiger partial charge in [0.25, 0.3) is 5.91 Å². The zero-order valence-corrected chi connectivity index (χ0v) is 13.8. The van der Waals surface area contributed by atoms with Gasteiger partial charge in [-0.05, 0) is 24.3 Å². The number of amides is 1. The van der Waals surface area contributed by atoms with Crippen LogP contribution in [0.5, 0.6) is 17.2 Å². The molecule has 1 atom stereocenters. The van der Waals surface area contributed by atoms with Gasteiger partial charge in [0.1, 0.15) is 11.9 Å². The summed E-state index contributed by atoms with van der Waals surface area (Å²) in [5.41, 5.74) is 0.855. The lowest BCUT2D eigenvalue weighted by Gasteiger charge is -2.13. The molecule has 1 heterocycles. The van der Waals surface area contributed by atoms with Gasteiger partial charge in [0.05, 0.1) is 20.8 Å². The first-order valence-electron chi connectivity index (χ1n) is 7.66. The molecule has 1 aliphatic rings. The van der Waals surface area contributed by atoms with E-state index in [1.165, 1.54) is 20.3 Å². The van der Waals surface area contributed by atoms with Gasteiger partial charge in [-0.3, -0.25) is 4.79 Å². The number of benzene rings is 2. The van der Waals surface area contributed by atoms with Crippen molar-refractivity contribution in [2.24, 2.45) is 0 Å².